The maximum absolute atomic E-state index is 11.9. The van der Waals surface area contributed by atoms with Crippen molar-refractivity contribution in [2.45, 2.75) is 6.42 Å². The molecule has 0 aliphatic carbocycles. The second-order valence-corrected chi connectivity index (χ2v) is 3.81. The number of ether oxygens (including phenoxy) is 2. The van der Waals surface area contributed by atoms with Crippen LogP contribution in [0.2, 0.25) is 0 Å². The van der Waals surface area contributed by atoms with Crippen LogP contribution in [0.15, 0.2) is 18.2 Å². The predicted molar refractivity (Wildman–Crippen MR) is 77.7 cm³/mol. The lowest BCUT2D eigenvalue weighted by atomic mass is 10.2. The molecule has 0 radical (unpaired) electrons. The van der Waals surface area contributed by atoms with Crippen molar-refractivity contribution in [3.05, 3.63) is 23.8 Å². The number of carbonyl (C=O) groups excluding carboxylic acids is 1. The second-order valence-electron chi connectivity index (χ2n) is 3.81. The van der Waals surface area contributed by atoms with Gasteiger partial charge in [-0.15, -0.1) is 12.4 Å². The molecule has 0 spiro atoms. The average Bonchev–Trinajstić information content (AvgIpc) is 2.42. The highest BCUT2D eigenvalue weighted by Gasteiger charge is 2.09. The Morgan fingerprint density at radius 1 is 1.11 bits per heavy atom. The van der Waals surface area contributed by atoms with Gasteiger partial charge in [0.25, 0.3) is 5.91 Å². The fraction of sp³-hybridized carbons (Fsp3) is 0.462. The number of benzene rings is 1. The predicted octanol–water partition coefficient (Wildman–Crippen LogP) is 1.46. The van der Waals surface area contributed by atoms with E-state index in [9.17, 15) is 4.79 Å². The summed E-state index contributed by atoms with van der Waals surface area (Å²) in [5.74, 6) is 1.09. The molecule has 2 N–H and O–H groups in total. The monoisotopic (exact) mass is 288 g/mol. The van der Waals surface area contributed by atoms with Crippen molar-refractivity contribution >= 4 is 18.3 Å². The molecule has 5 nitrogen and oxygen atoms in total. The lowest BCUT2D eigenvalue weighted by Crippen LogP contribution is -2.26. The molecule has 0 heterocycles. The Bertz CT molecular complexity index is 377. The summed E-state index contributed by atoms with van der Waals surface area (Å²) in [6, 6.07) is 5.11. The number of methoxy groups -OCH3 is 2. The maximum Gasteiger partial charge on any atom is 0.251 e. The van der Waals surface area contributed by atoms with E-state index in [2.05, 4.69) is 10.6 Å². The highest BCUT2D eigenvalue weighted by Crippen LogP contribution is 2.22. The minimum absolute atomic E-state index is 0. The second kappa shape index (κ2) is 9.47. The summed E-state index contributed by atoms with van der Waals surface area (Å²) in [6.45, 7) is 1.51. The summed E-state index contributed by atoms with van der Waals surface area (Å²) >= 11 is 0. The molecule has 108 valence electrons. The van der Waals surface area contributed by atoms with E-state index in [1.807, 2.05) is 7.05 Å². The van der Waals surface area contributed by atoms with Gasteiger partial charge < -0.3 is 20.1 Å². The fourth-order valence-corrected chi connectivity index (χ4v) is 1.51. The molecular weight excluding hydrogens is 268 g/mol. The van der Waals surface area contributed by atoms with Crippen molar-refractivity contribution in [1.29, 1.82) is 0 Å². The summed E-state index contributed by atoms with van der Waals surface area (Å²) in [5.41, 5.74) is 0.538. The topological polar surface area (TPSA) is 59.6 Å². The molecular formula is C13H21ClN2O3. The normalized spacial score (nSPS) is 9.42. The van der Waals surface area contributed by atoms with Gasteiger partial charge in [0.2, 0.25) is 0 Å². The van der Waals surface area contributed by atoms with Crippen LogP contribution in [-0.4, -0.2) is 40.3 Å². The molecule has 0 fully saturated rings. The third-order valence-electron chi connectivity index (χ3n) is 2.50. The molecule has 0 aromatic heterocycles. The SMILES string of the molecule is CNCCCNC(=O)c1cc(OC)cc(OC)c1.Cl. The van der Waals surface area contributed by atoms with Crippen LogP contribution in [-0.2, 0) is 0 Å². The van der Waals surface area contributed by atoms with Gasteiger partial charge in [-0.2, -0.15) is 0 Å². The molecule has 0 saturated heterocycles. The van der Waals surface area contributed by atoms with Crippen molar-refractivity contribution in [3.8, 4) is 11.5 Å². The number of hydrogen-bond acceptors (Lipinski definition) is 4. The first kappa shape index (κ1) is 17.5. The number of halogens is 1. The van der Waals surface area contributed by atoms with E-state index < -0.39 is 0 Å². The Hall–Kier alpha value is -1.46. The van der Waals surface area contributed by atoms with Crippen LogP contribution in [0, 0.1) is 0 Å². The minimum Gasteiger partial charge on any atom is -0.497 e. The van der Waals surface area contributed by atoms with Crippen LogP contribution >= 0.6 is 12.4 Å². The van der Waals surface area contributed by atoms with E-state index in [1.165, 1.54) is 0 Å². The summed E-state index contributed by atoms with van der Waals surface area (Å²) in [5, 5.41) is 5.87. The van der Waals surface area contributed by atoms with Crippen molar-refractivity contribution in [2.24, 2.45) is 0 Å². The Morgan fingerprint density at radius 2 is 1.68 bits per heavy atom. The zero-order valence-corrected chi connectivity index (χ0v) is 12.3. The molecule has 0 aliphatic heterocycles. The van der Waals surface area contributed by atoms with Gasteiger partial charge in [-0.05, 0) is 32.1 Å². The number of hydrogen-bond donors (Lipinski definition) is 2. The van der Waals surface area contributed by atoms with Crippen molar-refractivity contribution in [3.63, 3.8) is 0 Å². The molecule has 1 amide bonds. The zero-order chi connectivity index (χ0) is 13.4. The van der Waals surface area contributed by atoms with Gasteiger partial charge >= 0.3 is 0 Å². The van der Waals surface area contributed by atoms with Gasteiger partial charge in [0.1, 0.15) is 11.5 Å². The Morgan fingerprint density at radius 3 is 2.16 bits per heavy atom. The van der Waals surface area contributed by atoms with Crippen molar-refractivity contribution in [2.75, 3.05) is 34.4 Å². The van der Waals surface area contributed by atoms with Crippen LogP contribution in [0.4, 0.5) is 0 Å². The molecule has 1 aromatic carbocycles. The van der Waals surface area contributed by atoms with Crippen molar-refractivity contribution < 1.29 is 14.3 Å². The van der Waals surface area contributed by atoms with E-state index in [0.29, 0.717) is 23.6 Å². The van der Waals surface area contributed by atoms with E-state index in [1.54, 1.807) is 32.4 Å². The smallest absolute Gasteiger partial charge is 0.251 e. The Labute approximate surface area is 120 Å². The third-order valence-corrected chi connectivity index (χ3v) is 2.50. The lowest BCUT2D eigenvalue weighted by molar-refractivity contribution is 0.0952. The highest BCUT2D eigenvalue weighted by molar-refractivity contribution is 5.95. The molecule has 1 aromatic rings. The molecule has 1 rings (SSSR count). The first-order valence-corrected chi connectivity index (χ1v) is 5.87. The van der Waals surface area contributed by atoms with Crippen LogP contribution in [0.25, 0.3) is 0 Å². The highest BCUT2D eigenvalue weighted by atomic mass is 35.5. The number of nitrogens with one attached hydrogen (secondary N) is 2. The quantitative estimate of drug-likeness (QED) is 0.746. The number of rotatable bonds is 7. The average molecular weight is 289 g/mol. The number of carbonyl (C=O) groups is 1. The molecule has 19 heavy (non-hydrogen) atoms. The summed E-state index contributed by atoms with van der Waals surface area (Å²) < 4.78 is 10.2. The van der Waals surface area contributed by atoms with Gasteiger partial charge in [-0.25, -0.2) is 0 Å². The number of amides is 1. The first-order chi connectivity index (χ1) is 8.71. The molecule has 6 heteroatoms. The van der Waals surface area contributed by atoms with Crippen LogP contribution < -0.4 is 20.1 Å². The van der Waals surface area contributed by atoms with Gasteiger partial charge in [-0.1, -0.05) is 0 Å². The standard InChI is InChI=1S/C13H20N2O3.ClH/c1-14-5-4-6-15-13(16)10-7-11(17-2)9-12(8-10)18-3;/h7-9,14H,4-6H2,1-3H3,(H,15,16);1H. The third kappa shape index (κ3) is 5.81. The summed E-state index contributed by atoms with van der Waals surface area (Å²) in [4.78, 5) is 11.9. The van der Waals surface area contributed by atoms with Crippen LogP contribution in [0.3, 0.4) is 0 Å². The molecule has 0 atom stereocenters. The fourth-order valence-electron chi connectivity index (χ4n) is 1.51. The van der Waals surface area contributed by atoms with E-state index in [0.717, 1.165) is 13.0 Å². The lowest BCUT2D eigenvalue weighted by Gasteiger charge is -2.09. The first-order valence-electron chi connectivity index (χ1n) is 5.87. The summed E-state index contributed by atoms with van der Waals surface area (Å²) in [7, 11) is 5.00. The maximum atomic E-state index is 11.9. The molecule has 0 aliphatic rings. The van der Waals surface area contributed by atoms with E-state index >= 15 is 0 Å². The van der Waals surface area contributed by atoms with Gasteiger partial charge in [0.05, 0.1) is 14.2 Å². The van der Waals surface area contributed by atoms with Crippen LogP contribution in [0.5, 0.6) is 11.5 Å². The van der Waals surface area contributed by atoms with Crippen LogP contribution in [0.1, 0.15) is 16.8 Å². The van der Waals surface area contributed by atoms with E-state index in [4.69, 9.17) is 9.47 Å². The van der Waals surface area contributed by atoms with Crippen molar-refractivity contribution in [1.82, 2.24) is 10.6 Å². The molecule has 0 bridgehead atoms. The summed E-state index contributed by atoms with van der Waals surface area (Å²) in [6.07, 6.45) is 0.892. The van der Waals surface area contributed by atoms with Gasteiger partial charge in [0.15, 0.2) is 0 Å². The zero-order valence-electron chi connectivity index (χ0n) is 11.5. The minimum atomic E-state index is -0.122. The van der Waals surface area contributed by atoms with Gasteiger partial charge in [-0.3, -0.25) is 4.79 Å². The molecule has 0 unspecified atom stereocenters. The largest absolute Gasteiger partial charge is 0.497 e. The Kier molecular flexibility index (Phi) is 8.74. The molecule has 0 saturated carbocycles. The Balaban J connectivity index is 0.00000324. The van der Waals surface area contributed by atoms with Gasteiger partial charge in [0, 0.05) is 18.2 Å². The van der Waals surface area contributed by atoms with E-state index in [-0.39, 0.29) is 18.3 Å².